The molecule has 2 aromatic rings. The van der Waals surface area contributed by atoms with Crippen LogP contribution in [0.4, 0.5) is 0 Å². The number of carboxylic acids is 1. The number of hydrogen-bond acceptors (Lipinski definition) is 3. The van der Waals surface area contributed by atoms with Gasteiger partial charge in [-0.1, -0.05) is 18.2 Å². The molecule has 1 atom stereocenters. The molecule has 0 spiro atoms. The topological polar surface area (TPSA) is 57.6 Å². The van der Waals surface area contributed by atoms with Crippen LogP contribution in [0.3, 0.4) is 0 Å². The fourth-order valence-electron chi connectivity index (χ4n) is 2.89. The number of benzene rings is 1. The van der Waals surface area contributed by atoms with Crippen molar-refractivity contribution in [3.8, 4) is 0 Å². The summed E-state index contributed by atoms with van der Waals surface area (Å²) in [6, 6.07) is 7.97. The smallest absolute Gasteiger partial charge is 0.308 e. The zero-order valence-electron chi connectivity index (χ0n) is 11.8. The number of nitrogens with zero attached hydrogens (tertiary/aromatic N) is 1. The zero-order valence-corrected chi connectivity index (χ0v) is 12.7. The molecule has 0 radical (unpaired) electrons. The van der Waals surface area contributed by atoms with Crippen LogP contribution < -0.4 is 0 Å². The summed E-state index contributed by atoms with van der Waals surface area (Å²) in [6.45, 7) is 2.93. The van der Waals surface area contributed by atoms with Crippen LogP contribution in [-0.4, -0.2) is 35.0 Å². The number of carboxylic acid groups (broad SMARTS) is 1. The summed E-state index contributed by atoms with van der Waals surface area (Å²) in [4.78, 5) is 26.3. The van der Waals surface area contributed by atoms with E-state index in [-0.39, 0.29) is 5.91 Å². The van der Waals surface area contributed by atoms with E-state index < -0.39 is 11.9 Å². The van der Waals surface area contributed by atoms with Gasteiger partial charge in [0, 0.05) is 17.8 Å². The predicted octanol–water partition coefficient (Wildman–Crippen LogP) is 3.15. The van der Waals surface area contributed by atoms with Crippen molar-refractivity contribution in [1.82, 2.24) is 4.90 Å². The highest BCUT2D eigenvalue weighted by Gasteiger charge is 2.30. The Balaban J connectivity index is 1.90. The van der Waals surface area contributed by atoms with E-state index in [9.17, 15) is 9.59 Å². The van der Waals surface area contributed by atoms with Gasteiger partial charge in [0.2, 0.25) is 0 Å². The fraction of sp³-hybridized carbons (Fsp3) is 0.375. The standard InChI is InChI=1S/C16H17NO3S/c1-10-12-6-2-3-7-13(12)21-14(10)15(18)17-8-4-5-11(9-17)16(19)20/h2-3,6-7,11H,4-5,8-9H2,1H3,(H,19,20)/t11-/m0/s1. The van der Waals surface area contributed by atoms with Gasteiger partial charge in [-0.2, -0.15) is 0 Å². The van der Waals surface area contributed by atoms with E-state index >= 15 is 0 Å². The molecule has 1 N–H and O–H groups in total. The summed E-state index contributed by atoms with van der Waals surface area (Å²) in [6.07, 6.45) is 1.41. The molecule has 0 aliphatic carbocycles. The van der Waals surface area contributed by atoms with Gasteiger partial charge < -0.3 is 10.0 Å². The average Bonchev–Trinajstić information content (AvgIpc) is 2.84. The lowest BCUT2D eigenvalue weighted by molar-refractivity contribution is -0.143. The molecule has 3 rings (SSSR count). The van der Waals surface area contributed by atoms with Crippen LogP contribution in [0.1, 0.15) is 28.1 Å². The Morgan fingerprint density at radius 1 is 1.33 bits per heavy atom. The van der Waals surface area contributed by atoms with Crippen LogP contribution in [0.15, 0.2) is 24.3 Å². The summed E-state index contributed by atoms with van der Waals surface area (Å²) in [5.74, 6) is -1.27. The Bertz CT molecular complexity index is 707. The van der Waals surface area contributed by atoms with Crippen molar-refractivity contribution >= 4 is 33.3 Å². The van der Waals surface area contributed by atoms with E-state index in [0.717, 1.165) is 26.9 Å². The van der Waals surface area contributed by atoms with Gasteiger partial charge in [0.05, 0.1) is 10.8 Å². The van der Waals surface area contributed by atoms with Gasteiger partial charge in [0.1, 0.15) is 0 Å². The largest absolute Gasteiger partial charge is 0.481 e. The number of amides is 1. The first-order valence-corrected chi connectivity index (χ1v) is 7.90. The van der Waals surface area contributed by atoms with Crippen LogP contribution in [0, 0.1) is 12.8 Å². The quantitative estimate of drug-likeness (QED) is 0.927. The van der Waals surface area contributed by atoms with Gasteiger partial charge in [0.25, 0.3) is 5.91 Å². The summed E-state index contributed by atoms with van der Waals surface area (Å²) in [5, 5.41) is 10.3. The van der Waals surface area contributed by atoms with Crippen molar-refractivity contribution in [3.05, 3.63) is 34.7 Å². The molecule has 1 amide bonds. The SMILES string of the molecule is Cc1c(C(=O)N2CCC[C@H](C(=O)O)C2)sc2ccccc12. The molecule has 1 aromatic heterocycles. The molecule has 1 aromatic carbocycles. The number of aryl methyl sites for hydroxylation is 1. The second-order valence-electron chi connectivity index (χ2n) is 5.48. The number of aliphatic carboxylic acids is 1. The van der Waals surface area contributed by atoms with E-state index in [0.29, 0.717) is 19.5 Å². The normalized spacial score (nSPS) is 18.9. The number of likely N-dealkylation sites (tertiary alicyclic amines) is 1. The third-order valence-electron chi connectivity index (χ3n) is 4.10. The highest BCUT2D eigenvalue weighted by atomic mass is 32.1. The Labute approximate surface area is 127 Å². The monoisotopic (exact) mass is 303 g/mol. The second-order valence-corrected chi connectivity index (χ2v) is 6.53. The molecule has 1 aliphatic rings. The van der Waals surface area contributed by atoms with Crippen molar-refractivity contribution in [2.24, 2.45) is 5.92 Å². The first-order chi connectivity index (χ1) is 10.1. The van der Waals surface area contributed by atoms with E-state index in [4.69, 9.17) is 5.11 Å². The van der Waals surface area contributed by atoms with Gasteiger partial charge in [-0.25, -0.2) is 0 Å². The van der Waals surface area contributed by atoms with E-state index in [2.05, 4.69) is 0 Å². The molecular formula is C16H17NO3S. The molecule has 2 heterocycles. The summed E-state index contributed by atoms with van der Waals surface area (Å²) in [7, 11) is 0. The third-order valence-corrected chi connectivity index (χ3v) is 5.36. The van der Waals surface area contributed by atoms with Crippen molar-refractivity contribution in [2.75, 3.05) is 13.1 Å². The Morgan fingerprint density at radius 3 is 2.81 bits per heavy atom. The van der Waals surface area contributed by atoms with Crippen LogP contribution in [0.25, 0.3) is 10.1 Å². The number of rotatable bonds is 2. The first-order valence-electron chi connectivity index (χ1n) is 7.08. The highest BCUT2D eigenvalue weighted by molar-refractivity contribution is 7.21. The molecule has 1 fully saturated rings. The molecule has 4 nitrogen and oxygen atoms in total. The lowest BCUT2D eigenvalue weighted by Crippen LogP contribution is -2.42. The van der Waals surface area contributed by atoms with Crippen LogP contribution in [0.5, 0.6) is 0 Å². The third kappa shape index (κ3) is 2.53. The lowest BCUT2D eigenvalue weighted by Gasteiger charge is -2.30. The maximum atomic E-state index is 12.7. The number of piperidine rings is 1. The molecule has 110 valence electrons. The van der Waals surface area contributed by atoms with Crippen LogP contribution in [0.2, 0.25) is 0 Å². The van der Waals surface area contributed by atoms with E-state index in [1.165, 1.54) is 11.3 Å². The van der Waals surface area contributed by atoms with Gasteiger partial charge in [-0.15, -0.1) is 11.3 Å². The van der Waals surface area contributed by atoms with Gasteiger partial charge in [-0.05, 0) is 36.8 Å². The zero-order chi connectivity index (χ0) is 15.0. The number of thiophene rings is 1. The minimum Gasteiger partial charge on any atom is -0.481 e. The molecule has 0 bridgehead atoms. The molecule has 1 aliphatic heterocycles. The predicted molar refractivity (Wildman–Crippen MR) is 82.8 cm³/mol. The molecule has 0 unspecified atom stereocenters. The Kier molecular flexibility index (Phi) is 3.68. The molecule has 5 heteroatoms. The molecule has 0 saturated carbocycles. The van der Waals surface area contributed by atoms with Crippen LogP contribution in [-0.2, 0) is 4.79 Å². The van der Waals surface area contributed by atoms with Gasteiger partial charge in [-0.3, -0.25) is 9.59 Å². The van der Waals surface area contributed by atoms with E-state index in [1.807, 2.05) is 31.2 Å². The average molecular weight is 303 g/mol. The van der Waals surface area contributed by atoms with Crippen LogP contribution >= 0.6 is 11.3 Å². The molecular weight excluding hydrogens is 286 g/mol. The van der Waals surface area contributed by atoms with Crippen molar-refractivity contribution in [1.29, 1.82) is 0 Å². The van der Waals surface area contributed by atoms with Crippen molar-refractivity contribution < 1.29 is 14.7 Å². The maximum absolute atomic E-state index is 12.7. The lowest BCUT2D eigenvalue weighted by atomic mass is 9.98. The van der Waals surface area contributed by atoms with Crippen molar-refractivity contribution in [2.45, 2.75) is 19.8 Å². The summed E-state index contributed by atoms with van der Waals surface area (Å²) < 4.78 is 1.10. The Hall–Kier alpha value is -1.88. The summed E-state index contributed by atoms with van der Waals surface area (Å²) >= 11 is 1.50. The maximum Gasteiger partial charge on any atom is 0.308 e. The highest BCUT2D eigenvalue weighted by Crippen LogP contribution is 2.32. The number of carbonyl (C=O) groups excluding carboxylic acids is 1. The number of fused-ring (bicyclic) bond motifs is 1. The second kappa shape index (κ2) is 5.48. The molecule has 21 heavy (non-hydrogen) atoms. The fourth-order valence-corrected chi connectivity index (χ4v) is 4.06. The number of carbonyl (C=O) groups is 2. The minimum absolute atomic E-state index is 0.0281. The number of hydrogen-bond donors (Lipinski definition) is 1. The summed E-state index contributed by atoms with van der Waals surface area (Å²) in [5.41, 5.74) is 0.998. The first kappa shape index (κ1) is 14.1. The molecule has 1 saturated heterocycles. The van der Waals surface area contributed by atoms with Gasteiger partial charge in [0.15, 0.2) is 0 Å². The van der Waals surface area contributed by atoms with Crippen molar-refractivity contribution in [3.63, 3.8) is 0 Å². The van der Waals surface area contributed by atoms with E-state index in [1.54, 1.807) is 4.90 Å². The Morgan fingerprint density at radius 2 is 2.10 bits per heavy atom. The van der Waals surface area contributed by atoms with Gasteiger partial charge >= 0.3 is 5.97 Å². The minimum atomic E-state index is -0.805.